The molecular formula is C9H13N3O. The van der Waals surface area contributed by atoms with E-state index in [0.29, 0.717) is 13.0 Å². The fraction of sp³-hybridized carbons (Fsp3) is 0.556. The molecule has 2 rings (SSSR count). The third-order valence-electron chi connectivity index (χ3n) is 2.37. The minimum absolute atomic E-state index is 0.593. The van der Waals surface area contributed by atoms with Crippen molar-refractivity contribution >= 4 is 0 Å². The zero-order chi connectivity index (χ0) is 9.15. The maximum absolute atomic E-state index is 10.0. The summed E-state index contributed by atoms with van der Waals surface area (Å²) in [6, 6.07) is 0. The molecule has 70 valence electrons. The lowest BCUT2D eigenvalue weighted by atomic mass is 9.95. The van der Waals surface area contributed by atoms with E-state index in [1.807, 2.05) is 0 Å². The van der Waals surface area contributed by atoms with Crippen molar-refractivity contribution in [1.82, 2.24) is 15.3 Å². The van der Waals surface area contributed by atoms with Gasteiger partial charge in [-0.1, -0.05) is 0 Å². The van der Waals surface area contributed by atoms with Gasteiger partial charge in [-0.15, -0.1) is 0 Å². The van der Waals surface area contributed by atoms with Crippen LogP contribution in [-0.2, 0) is 6.42 Å². The fourth-order valence-electron chi connectivity index (χ4n) is 1.68. The summed E-state index contributed by atoms with van der Waals surface area (Å²) in [6.07, 6.45) is 6.45. The maximum atomic E-state index is 10.0. The van der Waals surface area contributed by atoms with Gasteiger partial charge in [-0.2, -0.15) is 0 Å². The molecule has 2 N–H and O–H groups in total. The van der Waals surface area contributed by atoms with Crippen LogP contribution in [0, 0.1) is 0 Å². The number of nitrogens with zero attached hydrogens (tertiary/aromatic N) is 2. The zero-order valence-corrected chi connectivity index (χ0v) is 7.40. The van der Waals surface area contributed by atoms with Crippen molar-refractivity contribution in [2.24, 2.45) is 0 Å². The first-order chi connectivity index (χ1) is 6.29. The molecule has 0 amide bonds. The molecule has 0 saturated carbocycles. The number of hydrogen-bond acceptors (Lipinski definition) is 4. The van der Waals surface area contributed by atoms with Gasteiger partial charge in [0.1, 0.15) is 6.33 Å². The topological polar surface area (TPSA) is 58.0 Å². The summed E-state index contributed by atoms with van der Waals surface area (Å²) >= 11 is 0. The molecule has 1 saturated heterocycles. The largest absolute Gasteiger partial charge is 0.388 e. The summed E-state index contributed by atoms with van der Waals surface area (Å²) in [7, 11) is 0. The third-order valence-corrected chi connectivity index (χ3v) is 2.37. The van der Waals surface area contributed by atoms with E-state index in [2.05, 4.69) is 15.3 Å². The van der Waals surface area contributed by atoms with Crippen molar-refractivity contribution in [2.75, 3.05) is 13.1 Å². The number of β-amino-alcohol motifs (C(OH)–C–C–N with tert-alkyl or cyclic N) is 1. The summed E-state index contributed by atoms with van der Waals surface area (Å²) in [5, 5.41) is 13.2. The summed E-state index contributed by atoms with van der Waals surface area (Å²) in [4.78, 5) is 7.83. The van der Waals surface area contributed by atoms with Crippen molar-refractivity contribution in [3.05, 3.63) is 24.3 Å². The highest BCUT2D eigenvalue weighted by atomic mass is 16.3. The lowest BCUT2D eigenvalue weighted by molar-refractivity contribution is 0.0617. The van der Waals surface area contributed by atoms with Crippen LogP contribution < -0.4 is 5.32 Å². The van der Waals surface area contributed by atoms with Crippen molar-refractivity contribution in [2.45, 2.75) is 18.4 Å². The van der Waals surface area contributed by atoms with Crippen LogP contribution in [-0.4, -0.2) is 33.8 Å². The second-order valence-corrected chi connectivity index (χ2v) is 3.57. The smallest absolute Gasteiger partial charge is 0.115 e. The lowest BCUT2D eigenvalue weighted by Crippen LogP contribution is -2.33. The Morgan fingerprint density at radius 1 is 1.46 bits per heavy atom. The molecule has 0 radical (unpaired) electrons. The highest BCUT2D eigenvalue weighted by Gasteiger charge is 2.30. The van der Waals surface area contributed by atoms with Crippen LogP contribution in [0.2, 0.25) is 0 Å². The van der Waals surface area contributed by atoms with Crippen molar-refractivity contribution in [3.8, 4) is 0 Å². The number of rotatable bonds is 2. The van der Waals surface area contributed by atoms with Crippen LogP contribution >= 0.6 is 0 Å². The molecule has 1 aromatic rings. The Morgan fingerprint density at radius 2 is 2.23 bits per heavy atom. The van der Waals surface area contributed by atoms with E-state index < -0.39 is 5.60 Å². The Labute approximate surface area is 77.0 Å². The zero-order valence-electron chi connectivity index (χ0n) is 7.40. The number of aromatic nitrogens is 2. The molecule has 13 heavy (non-hydrogen) atoms. The van der Waals surface area contributed by atoms with E-state index in [1.54, 1.807) is 12.4 Å². The summed E-state index contributed by atoms with van der Waals surface area (Å²) in [5.74, 6) is 0. The standard InChI is InChI=1S/C9H13N3O/c13-9(1-2-10-6-9)3-8-4-11-7-12-5-8/h4-5,7,10,13H,1-3,6H2. The van der Waals surface area contributed by atoms with Gasteiger partial charge in [-0.05, 0) is 18.5 Å². The van der Waals surface area contributed by atoms with E-state index in [1.165, 1.54) is 6.33 Å². The maximum Gasteiger partial charge on any atom is 0.115 e. The average molecular weight is 179 g/mol. The minimum atomic E-state index is -0.593. The predicted molar refractivity (Wildman–Crippen MR) is 48.2 cm³/mol. The van der Waals surface area contributed by atoms with Gasteiger partial charge in [0.05, 0.1) is 5.60 Å². The Balaban J connectivity index is 2.05. The first-order valence-electron chi connectivity index (χ1n) is 4.46. The van der Waals surface area contributed by atoms with E-state index >= 15 is 0 Å². The van der Waals surface area contributed by atoms with Crippen LogP contribution in [0.25, 0.3) is 0 Å². The Bertz CT molecular complexity index is 269. The number of nitrogens with one attached hydrogen (secondary N) is 1. The Morgan fingerprint density at radius 3 is 2.85 bits per heavy atom. The van der Waals surface area contributed by atoms with Crippen LogP contribution in [0.5, 0.6) is 0 Å². The van der Waals surface area contributed by atoms with E-state index in [-0.39, 0.29) is 0 Å². The molecule has 1 fully saturated rings. The molecule has 4 heteroatoms. The highest BCUT2D eigenvalue weighted by molar-refractivity contribution is 5.08. The molecule has 1 aliphatic heterocycles. The normalized spacial score (nSPS) is 27.8. The van der Waals surface area contributed by atoms with Gasteiger partial charge < -0.3 is 10.4 Å². The molecule has 2 heterocycles. The third kappa shape index (κ3) is 2.02. The lowest BCUT2D eigenvalue weighted by Gasteiger charge is -2.20. The van der Waals surface area contributed by atoms with Crippen molar-refractivity contribution in [3.63, 3.8) is 0 Å². The molecule has 1 aromatic heterocycles. The average Bonchev–Trinajstić information content (AvgIpc) is 2.54. The molecule has 0 aliphatic carbocycles. The first kappa shape index (κ1) is 8.59. The number of aliphatic hydroxyl groups is 1. The highest BCUT2D eigenvalue weighted by Crippen LogP contribution is 2.19. The SMILES string of the molecule is OC1(Cc2cncnc2)CCNC1. The molecule has 0 bridgehead atoms. The van der Waals surface area contributed by atoms with Crippen LogP contribution in [0.1, 0.15) is 12.0 Å². The quantitative estimate of drug-likeness (QED) is 0.657. The van der Waals surface area contributed by atoms with Gasteiger partial charge >= 0.3 is 0 Å². The molecule has 1 aliphatic rings. The second-order valence-electron chi connectivity index (χ2n) is 3.57. The Hall–Kier alpha value is -1.00. The molecule has 4 nitrogen and oxygen atoms in total. The molecular weight excluding hydrogens is 166 g/mol. The second kappa shape index (κ2) is 3.40. The van der Waals surface area contributed by atoms with Crippen LogP contribution in [0.4, 0.5) is 0 Å². The minimum Gasteiger partial charge on any atom is -0.388 e. The number of hydrogen-bond donors (Lipinski definition) is 2. The van der Waals surface area contributed by atoms with E-state index in [0.717, 1.165) is 18.5 Å². The van der Waals surface area contributed by atoms with Crippen LogP contribution in [0.3, 0.4) is 0 Å². The summed E-state index contributed by atoms with van der Waals surface area (Å²) in [5.41, 5.74) is 0.402. The molecule has 1 unspecified atom stereocenters. The molecule has 0 spiro atoms. The van der Waals surface area contributed by atoms with Gasteiger partial charge in [0, 0.05) is 25.4 Å². The van der Waals surface area contributed by atoms with Crippen molar-refractivity contribution in [1.29, 1.82) is 0 Å². The van der Waals surface area contributed by atoms with Crippen LogP contribution in [0.15, 0.2) is 18.7 Å². The summed E-state index contributed by atoms with van der Waals surface area (Å²) in [6.45, 7) is 1.56. The fourth-order valence-corrected chi connectivity index (χ4v) is 1.68. The monoisotopic (exact) mass is 179 g/mol. The van der Waals surface area contributed by atoms with Crippen molar-refractivity contribution < 1.29 is 5.11 Å². The summed E-state index contributed by atoms with van der Waals surface area (Å²) < 4.78 is 0. The van der Waals surface area contributed by atoms with Gasteiger partial charge in [0.25, 0.3) is 0 Å². The molecule has 1 atom stereocenters. The van der Waals surface area contributed by atoms with Gasteiger partial charge in [0.15, 0.2) is 0 Å². The van der Waals surface area contributed by atoms with E-state index in [9.17, 15) is 5.11 Å². The van der Waals surface area contributed by atoms with Gasteiger partial charge in [0.2, 0.25) is 0 Å². The van der Waals surface area contributed by atoms with E-state index in [4.69, 9.17) is 0 Å². The molecule has 0 aromatic carbocycles. The predicted octanol–water partition coefficient (Wildman–Crippen LogP) is -0.257. The van der Waals surface area contributed by atoms with Gasteiger partial charge in [-0.3, -0.25) is 0 Å². The Kier molecular flexibility index (Phi) is 2.24. The van der Waals surface area contributed by atoms with Gasteiger partial charge in [-0.25, -0.2) is 9.97 Å². The first-order valence-corrected chi connectivity index (χ1v) is 4.46.